The van der Waals surface area contributed by atoms with Crippen LogP contribution in [0.2, 0.25) is 0 Å². The van der Waals surface area contributed by atoms with E-state index in [0.717, 1.165) is 26.1 Å². The van der Waals surface area contributed by atoms with E-state index in [4.69, 9.17) is 5.11 Å². The summed E-state index contributed by atoms with van der Waals surface area (Å²) in [5.41, 5.74) is 0. The van der Waals surface area contributed by atoms with Gasteiger partial charge in [-0.15, -0.1) is 0 Å². The first kappa shape index (κ1) is 21.2. The van der Waals surface area contributed by atoms with E-state index in [9.17, 15) is 4.79 Å². The van der Waals surface area contributed by atoms with Crippen molar-refractivity contribution in [3.63, 3.8) is 0 Å². The molecule has 0 heterocycles. The minimum atomic E-state index is -1.23. The molecule has 3 N–H and O–H groups in total. The van der Waals surface area contributed by atoms with E-state index >= 15 is 0 Å². The molecule has 0 saturated heterocycles. The van der Waals surface area contributed by atoms with Crippen LogP contribution in [0.25, 0.3) is 0 Å². The Kier molecular flexibility index (Phi) is 17.6. The molecule has 0 aliphatic rings. The lowest BCUT2D eigenvalue weighted by molar-refractivity contribution is 0.0845. The summed E-state index contributed by atoms with van der Waals surface area (Å²) in [6.45, 7) is 5.17. The van der Waals surface area contributed by atoms with Crippen molar-refractivity contribution in [2.45, 2.75) is 77.6 Å². The Balaban J connectivity index is 2.95. The van der Waals surface area contributed by atoms with E-state index in [1.165, 1.54) is 64.2 Å². The van der Waals surface area contributed by atoms with Crippen LogP contribution >= 0.6 is 0 Å². The van der Waals surface area contributed by atoms with Crippen LogP contribution in [0.15, 0.2) is 0 Å². The number of rotatable bonds is 17. The minimum absolute atomic E-state index is 0.0772. The van der Waals surface area contributed by atoms with Gasteiger partial charge in [0.2, 0.25) is 0 Å². The summed E-state index contributed by atoms with van der Waals surface area (Å²) < 4.78 is 4.35. The Bertz CT molecular complexity index is 238. The number of hydrogen-bond donors (Lipinski definition) is 3. The molecule has 0 unspecified atom stereocenters. The van der Waals surface area contributed by atoms with E-state index in [1.54, 1.807) is 0 Å². The van der Waals surface area contributed by atoms with E-state index in [-0.39, 0.29) is 6.73 Å². The van der Waals surface area contributed by atoms with Crippen LogP contribution in [-0.2, 0) is 4.74 Å². The fraction of sp³-hybridized carbons (Fsp3) is 0.941. The summed E-state index contributed by atoms with van der Waals surface area (Å²) in [7, 11) is 0. The van der Waals surface area contributed by atoms with E-state index in [0.29, 0.717) is 0 Å². The summed E-state index contributed by atoms with van der Waals surface area (Å²) in [5.74, 6) is 0. The second-order valence-corrected chi connectivity index (χ2v) is 5.84. The Labute approximate surface area is 136 Å². The molecule has 132 valence electrons. The summed E-state index contributed by atoms with van der Waals surface area (Å²) >= 11 is 0. The second kappa shape index (κ2) is 18.2. The largest absolute Gasteiger partial charge is 0.507 e. The molecule has 0 aliphatic heterocycles. The molecular formula is C17H36N2O3. The maximum absolute atomic E-state index is 10.1. The van der Waals surface area contributed by atoms with Crippen LogP contribution in [0, 0.1) is 0 Å². The predicted octanol–water partition coefficient (Wildman–Crippen LogP) is 4.13. The molecule has 0 aromatic rings. The number of hydrogen-bond acceptors (Lipinski definition) is 4. The second-order valence-electron chi connectivity index (χ2n) is 5.84. The zero-order valence-corrected chi connectivity index (χ0v) is 14.4. The topological polar surface area (TPSA) is 70.6 Å². The van der Waals surface area contributed by atoms with Gasteiger partial charge in [0.1, 0.15) is 6.73 Å². The molecule has 0 fully saturated rings. The van der Waals surface area contributed by atoms with Crippen LogP contribution in [-0.4, -0.2) is 37.6 Å². The van der Waals surface area contributed by atoms with Crippen molar-refractivity contribution in [2.24, 2.45) is 0 Å². The summed E-state index contributed by atoms with van der Waals surface area (Å²) in [6.07, 6.45) is 13.5. The third-order valence-corrected chi connectivity index (χ3v) is 3.71. The minimum Gasteiger partial charge on any atom is -0.450 e. The SMILES string of the molecule is CCCCCCCCCCCCNCCCNCOC(=O)O. The zero-order valence-electron chi connectivity index (χ0n) is 14.4. The molecule has 0 bridgehead atoms. The standard InChI is InChI=1S/C17H36N2O3/c1-2-3-4-5-6-7-8-9-10-11-13-18-14-12-15-19-16-22-17(20)21/h18-19H,2-16H2,1H3,(H,20,21). The molecule has 0 aliphatic carbocycles. The molecule has 0 spiro atoms. The lowest BCUT2D eigenvalue weighted by Crippen LogP contribution is -2.25. The first-order valence-corrected chi connectivity index (χ1v) is 9.04. The summed E-state index contributed by atoms with van der Waals surface area (Å²) in [5, 5.41) is 14.6. The normalized spacial score (nSPS) is 10.8. The molecule has 0 atom stereocenters. The van der Waals surface area contributed by atoms with Crippen molar-refractivity contribution in [2.75, 3.05) is 26.4 Å². The van der Waals surface area contributed by atoms with Gasteiger partial charge in [-0.25, -0.2) is 4.79 Å². The van der Waals surface area contributed by atoms with Crippen molar-refractivity contribution in [3.8, 4) is 0 Å². The fourth-order valence-electron chi connectivity index (χ4n) is 2.39. The molecule has 5 nitrogen and oxygen atoms in total. The fourth-order valence-corrected chi connectivity index (χ4v) is 2.39. The highest BCUT2D eigenvalue weighted by Gasteiger charge is 1.95. The Morgan fingerprint density at radius 3 is 1.86 bits per heavy atom. The number of ether oxygens (including phenoxy) is 1. The Hall–Kier alpha value is -0.810. The highest BCUT2D eigenvalue weighted by Crippen LogP contribution is 2.10. The van der Waals surface area contributed by atoms with Crippen LogP contribution in [0.3, 0.4) is 0 Å². The van der Waals surface area contributed by atoms with Gasteiger partial charge in [-0.3, -0.25) is 5.32 Å². The van der Waals surface area contributed by atoms with Gasteiger partial charge in [0, 0.05) is 0 Å². The molecule has 22 heavy (non-hydrogen) atoms. The van der Waals surface area contributed by atoms with Crippen LogP contribution in [0.4, 0.5) is 4.79 Å². The average molecular weight is 316 g/mol. The quantitative estimate of drug-likeness (QED) is 0.214. The van der Waals surface area contributed by atoms with E-state index in [2.05, 4.69) is 22.3 Å². The van der Waals surface area contributed by atoms with Crippen molar-refractivity contribution in [3.05, 3.63) is 0 Å². The first-order chi connectivity index (χ1) is 10.8. The molecule has 0 amide bonds. The van der Waals surface area contributed by atoms with E-state index < -0.39 is 6.16 Å². The van der Waals surface area contributed by atoms with Gasteiger partial charge < -0.3 is 15.2 Å². The average Bonchev–Trinajstić information content (AvgIpc) is 2.50. The van der Waals surface area contributed by atoms with Gasteiger partial charge in [-0.05, 0) is 32.5 Å². The van der Waals surface area contributed by atoms with Gasteiger partial charge >= 0.3 is 6.16 Å². The van der Waals surface area contributed by atoms with Crippen molar-refractivity contribution in [1.82, 2.24) is 10.6 Å². The van der Waals surface area contributed by atoms with Crippen LogP contribution in [0.5, 0.6) is 0 Å². The monoisotopic (exact) mass is 316 g/mol. The number of carbonyl (C=O) groups is 1. The van der Waals surface area contributed by atoms with E-state index in [1.807, 2.05) is 0 Å². The lowest BCUT2D eigenvalue weighted by atomic mass is 10.1. The predicted molar refractivity (Wildman–Crippen MR) is 91.3 cm³/mol. The molecule has 5 heteroatoms. The molecule has 0 aromatic heterocycles. The van der Waals surface area contributed by atoms with Crippen LogP contribution in [0.1, 0.15) is 77.6 Å². The van der Waals surface area contributed by atoms with Crippen molar-refractivity contribution in [1.29, 1.82) is 0 Å². The summed E-state index contributed by atoms with van der Waals surface area (Å²) in [4.78, 5) is 10.1. The smallest absolute Gasteiger partial charge is 0.450 e. The van der Waals surface area contributed by atoms with Crippen molar-refractivity contribution < 1.29 is 14.6 Å². The van der Waals surface area contributed by atoms with Gasteiger partial charge in [0.25, 0.3) is 0 Å². The molecule has 0 rings (SSSR count). The molecule has 0 saturated carbocycles. The maximum Gasteiger partial charge on any atom is 0.507 e. The van der Waals surface area contributed by atoms with Gasteiger partial charge in [-0.1, -0.05) is 64.7 Å². The van der Waals surface area contributed by atoms with Gasteiger partial charge in [0.15, 0.2) is 0 Å². The zero-order chi connectivity index (χ0) is 16.3. The molecule has 0 radical (unpaired) electrons. The van der Waals surface area contributed by atoms with Crippen LogP contribution < -0.4 is 10.6 Å². The Morgan fingerprint density at radius 2 is 1.27 bits per heavy atom. The van der Waals surface area contributed by atoms with Crippen molar-refractivity contribution >= 4 is 6.16 Å². The third kappa shape index (κ3) is 19.2. The number of nitrogens with one attached hydrogen (secondary N) is 2. The third-order valence-electron chi connectivity index (χ3n) is 3.71. The number of carboxylic acid groups (broad SMARTS) is 1. The highest BCUT2D eigenvalue weighted by molar-refractivity contribution is 5.56. The summed E-state index contributed by atoms with van der Waals surface area (Å²) in [6, 6.07) is 0. The highest BCUT2D eigenvalue weighted by atomic mass is 16.7. The molecule has 0 aromatic carbocycles. The molecular weight excluding hydrogens is 280 g/mol. The maximum atomic E-state index is 10.1. The number of unbranched alkanes of at least 4 members (excludes halogenated alkanes) is 9. The first-order valence-electron chi connectivity index (χ1n) is 9.04. The Morgan fingerprint density at radius 1 is 0.773 bits per heavy atom. The lowest BCUT2D eigenvalue weighted by Gasteiger charge is -2.06. The van der Waals surface area contributed by atoms with Gasteiger partial charge in [0.05, 0.1) is 0 Å². The van der Waals surface area contributed by atoms with Gasteiger partial charge in [-0.2, -0.15) is 0 Å².